The van der Waals surface area contributed by atoms with Crippen molar-refractivity contribution in [3.63, 3.8) is 0 Å². The van der Waals surface area contributed by atoms with Crippen LogP contribution >= 0.6 is 0 Å². The standard InChI is InChI=1S/C17H21N5O4/c23-16(11-21-9-10-25-17(21)24)20-6-3-13(4-7-20)12-26-15-2-1-14-18-5-8-22(14)19-15/h1-2,5,8,13H,3-4,6-7,9-12H2. The van der Waals surface area contributed by atoms with Crippen molar-refractivity contribution in [3.8, 4) is 5.88 Å². The van der Waals surface area contributed by atoms with E-state index in [1.165, 1.54) is 4.90 Å². The van der Waals surface area contributed by atoms with Crippen LogP contribution in [0.1, 0.15) is 12.8 Å². The average molecular weight is 359 g/mol. The molecule has 4 heterocycles. The highest BCUT2D eigenvalue weighted by Crippen LogP contribution is 2.19. The molecule has 2 aliphatic heterocycles. The van der Waals surface area contributed by atoms with Gasteiger partial charge in [0, 0.05) is 31.5 Å². The summed E-state index contributed by atoms with van der Waals surface area (Å²) in [4.78, 5) is 31.2. The molecule has 2 aliphatic rings. The van der Waals surface area contributed by atoms with Crippen LogP contribution in [0, 0.1) is 5.92 Å². The van der Waals surface area contributed by atoms with E-state index in [1.807, 2.05) is 17.0 Å². The lowest BCUT2D eigenvalue weighted by Crippen LogP contribution is -2.45. The Morgan fingerprint density at radius 2 is 2.12 bits per heavy atom. The van der Waals surface area contributed by atoms with Gasteiger partial charge in [-0.2, -0.15) is 0 Å². The summed E-state index contributed by atoms with van der Waals surface area (Å²) in [6, 6.07) is 3.68. The SMILES string of the molecule is O=C(CN1CCOC1=O)N1CCC(COc2ccc3nccn3n2)CC1. The third kappa shape index (κ3) is 3.56. The lowest BCUT2D eigenvalue weighted by molar-refractivity contribution is -0.133. The zero-order valence-electron chi connectivity index (χ0n) is 14.4. The fraction of sp³-hybridized carbons (Fsp3) is 0.529. The van der Waals surface area contributed by atoms with Crippen LogP contribution in [0.2, 0.25) is 0 Å². The van der Waals surface area contributed by atoms with E-state index in [1.54, 1.807) is 16.9 Å². The van der Waals surface area contributed by atoms with E-state index in [-0.39, 0.29) is 12.5 Å². The maximum Gasteiger partial charge on any atom is 0.410 e. The van der Waals surface area contributed by atoms with Crippen LogP contribution in [0.5, 0.6) is 5.88 Å². The number of rotatable bonds is 5. The normalized spacial score (nSPS) is 18.4. The molecule has 0 aromatic carbocycles. The van der Waals surface area contributed by atoms with Crippen LogP contribution < -0.4 is 4.74 Å². The Kier molecular flexibility index (Phi) is 4.59. The first-order valence-corrected chi connectivity index (χ1v) is 8.82. The number of likely N-dealkylation sites (tertiary alicyclic amines) is 1. The Balaban J connectivity index is 1.23. The van der Waals surface area contributed by atoms with Crippen LogP contribution in [-0.2, 0) is 9.53 Å². The molecule has 26 heavy (non-hydrogen) atoms. The molecule has 2 fully saturated rings. The first-order valence-electron chi connectivity index (χ1n) is 8.82. The van der Waals surface area contributed by atoms with Crippen molar-refractivity contribution in [3.05, 3.63) is 24.5 Å². The Labute approximate surface area is 150 Å². The van der Waals surface area contributed by atoms with E-state index in [9.17, 15) is 9.59 Å². The number of amides is 2. The Morgan fingerprint density at radius 3 is 2.88 bits per heavy atom. The molecule has 138 valence electrons. The number of ether oxygens (including phenoxy) is 2. The van der Waals surface area contributed by atoms with Crippen LogP contribution in [0.4, 0.5) is 4.79 Å². The number of imidazole rings is 1. The quantitative estimate of drug-likeness (QED) is 0.784. The molecule has 0 atom stereocenters. The first kappa shape index (κ1) is 16.6. The van der Waals surface area contributed by atoms with Crippen molar-refractivity contribution >= 4 is 17.6 Å². The predicted molar refractivity (Wildman–Crippen MR) is 90.7 cm³/mol. The summed E-state index contributed by atoms with van der Waals surface area (Å²) in [5, 5.41) is 4.35. The minimum atomic E-state index is -0.399. The Hall–Kier alpha value is -2.84. The molecule has 2 amide bonds. The topological polar surface area (TPSA) is 89.3 Å². The summed E-state index contributed by atoms with van der Waals surface area (Å²) in [5.74, 6) is 0.938. The average Bonchev–Trinajstić information content (AvgIpc) is 3.29. The van der Waals surface area contributed by atoms with Crippen molar-refractivity contribution in [2.75, 3.05) is 39.4 Å². The molecule has 9 nitrogen and oxygen atoms in total. The van der Waals surface area contributed by atoms with Gasteiger partial charge in [0.05, 0.1) is 13.2 Å². The van der Waals surface area contributed by atoms with Crippen molar-refractivity contribution in [2.45, 2.75) is 12.8 Å². The number of hydrogen-bond acceptors (Lipinski definition) is 6. The molecule has 0 N–H and O–H groups in total. The molecule has 2 saturated heterocycles. The van der Waals surface area contributed by atoms with Gasteiger partial charge in [0.1, 0.15) is 13.2 Å². The van der Waals surface area contributed by atoms with E-state index in [0.717, 1.165) is 18.5 Å². The van der Waals surface area contributed by atoms with Crippen LogP contribution in [-0.4, -0.2) is 75.8 Å². The molecule has 2 aromatic heterocycles. The van der Waals surface area contributed by atoms with Gasteiger partial charge >= 0.3 is 6.09 Å². The van der Waals surface area contributed by atoms with Gasteiger partial charge in [-0.1, -0.05) is 0 Å². The van der Waals surface area contributed by atoms with E-state index in [4.69, 9.17) is 9.47 Å². The van der Waals surface area contributed by atoms with Crippen molar-refractivity contribution in [2.24, 2.45) is 5.92 Å². The fourth-order valence-corrected chi connectivity index (χ4v) is 3.26. The second-order valence-corrected chi connectivity index (χ2v) is 6.57. The van der Waals surface area contributed by atoms with Crippen molar-refractivity contribution in [1.82, 2.24) is 24.4 Å². The Morgan fingerprint density at radius 1 is 1.27 bits per heavy atom. The molecule has 9 heteroatoms. The van der Waals surface area contributed by atoms with Gasteiger partial charge < -0.3 is 14.4 Å². The van der Waals surface area contributed by atoms with Crippen LogP contribution in [0.25, 0.3) is 5.65 Å². The van der Waals surface area contributed by atoms with E-state index < -0.39 is 6.09 Å². The summed E-state index contributed by atoms with van der Waals surface area (Å²) in [5.41, 5.74) is 0.783. The highest BCUT2D eigenvalue weighted by molar-refractivity contribution is 5.82. The van der Waals surface area contributed by atoms with E-state index >= 15 is 0 Å². The van der Waals surface area contributed by atoms with Crippen molar-refractivity contribution < 1.29 is 19.1 Å². The summed E-state index contributed by atoms with van der Waals surface area (Å²) in [7, 11) is 0. The predicted octanol–water partition coefficient (Wildman–Crippen LogP) is 0.799. The van der Waals surface area contributed by atoms with Gasteiger partial charge in [-0.15, -0.1) is 5.10 Å². The lowest BCUT2D eigenvalue weighted by Gasteiger charge is -2.32. The molecule has 0 aliphatic carbocycles. The second kappa shape index (κ2) is 7.19. The van der Waals surface area contributed by atoms with Gasteiger partial charge in [0.25, 0.3) is 0 Å². The number of fused-ring (bicyclic) bond motifs is 1. The molecule has 0 spiro atoms. The third-order valence-electron chi connectivity index (χ3n) is 4.84. The maximum atomic E-state index is 12.3. The number of carbonyl (C=O) groups is 2. The lowest BCUT2D eigenvalue weighted by atomic mass is 9.98. The van der Waals surface area contributed by atoms with Gasteiger partial charge in [-0.05, 0) is 24.8 Å². The molecule has 0 bridgehead atoms. The number of hydrogen-bond donors (Lipinski definition) is 0. The highest BCUT2D eigenvalue weighted by Gasteiger charge is 2.28. The maximum absolute atomic E-state index is 12.3. The number of aromatic nitrogens is 3. The number of nitrogens with zero attached hydrogens (tertiary/aromatic N) is 5. The van der Waals surface area contributed by atoms with Gasteiger partial charge in [0.2, 0.25) is 11.8 Å². The number of piperidine rings is 1. The first-order chi connectivity index (χ1) is 12.7. The molecule has 0 saturated carbocycles. The summed E-state index contributed by atoms with van der Waals surface area (Å²) in [6.45, 7) is 2.91. The monoisotopic (exact) mass is 359 g/mol. The number of carbonyl (C=O) groups excluding carboxylic acids is 2. The smallest absolute Gasteiger partial charge is 0.410 e. The summed E-state index contributed by atoms with van der Waals surface area (Å²) in [6.07, 6.45) is 4.83. The van der Waals surface area contributed by atoms with Gasteiger partial charge in [0.15, 0.2) is 5.65 Å². The zero-order chi connectivity index (χ0) is 17.9. The highest BCUT2D eigenvalue weighted by atomic mass is 16.6. The Bertz CT molecular complexity index is 799. The summed E-state index contributed by atoms with van der Waals surface area (Å²) < 4.78 is 12.3. The van der Waals surface area contributed by atoms with Gasteiger partial charge in [-0.25, -0.2) is 14.3 Å². The van der Waals surface area contributed by atoms with Crippen molar-refractivity contribution in [1.29, 1.82) is 0 Å². The third-order valence-corrected chi connectivity index (χ3v) is 4.84. The molecular weight excluding hydrogens is 338 g/mol. The van der Waals surface area contributed by atoms with E-state index in [2.05, 4.69) is 10.1 Å². The molecule has 2 aromatic rings. The summed E-state index contributed by atoms with van der Waals surface area (Å²) >= 11 is 0. The molecule has 4 rings (SSSR count). The van der Waals surface area contributed by atoms with Crippen LogP contribution in [0.3, 0.4) is 0 Å². The molecular formula is C17H21N5O4. The number of cyclic esters (lactones) is 1. The minimum Gasteiger partial charge on any atom is -0.476 e. The second-order valence-electron chi connectivity index (χ2n) is 6.57. The van der Waals surface area contributed by atoms with Gasteiger partial charge in [-0.3, -0.25) is 9.69 Å². The molecule has 0 unspecified atom stereocenters. The molecule has 0 radical (unpaired) electrons. The minimum absolute atomic E-state index is 0.0181. The zero-order valence-corrected chi connectivity index (χ0v) is 14.4. The van der Waals surface area contributed by atoms with Crippen LogP contribution in [0.15, 0.2) is 24.5 Å². The largest absolute Gasteiger partial charge is 0.476 e. The fourth-order valence-electron chi connectivity index (χ4n) is 3.26. The van der Waals surface area contributed by atoms with E-state index in [0.29, 0.717) is 44.6 Å².